The number of amides is 1. The minimum absolute atomic E-state index is 0.0915. The molecule has 1 aromatic carbocycles. The SMILES string of the molecule is CC1=C/C(=C2/CC(=O)N(c3ccccc3)C2=N)N=C(C)N1. The van der Waals surface area contributed by atoms with E-state index in [1.165, 1.54) is 4.90 Å². The summed E-state index contributed by atoms with van der Waals surface area (Å²) in [5.41, 5.74) is 3.05. The third kappa shape index (κ3) is 2.38. The molecule has 1 fully saturated rings. The molecule has 106 valence electrons. The summed E-state index contributed by atoms with van der Waals surface area (Å²) >= 11 is 0. The number of nitrogens with zero attached hydrogens (tertiary/aromatic N) is 2. The van der Waals surface area contributed by atoms with Gasteiger partial charge < -0.3 is 5.32 Å². The average Bonchev–Trinajstić information content (AvgIpc) is 2.74. The van der Waals surface area contributed by atoms with Crippen LogP contribution in [-0.2, 0) is 4.79 Å². The van der Waals surface area contributed by atoms with Gasteiger partial charge in [-0.25, -0.2) is 4.99 Å². The Kier molecular flexibility index (Phi) is 3.17. The predicted molar refractivity (Wildman–Crippen MR) is 83.3 cm³/mol. The van der Waals surface area contributed by atoms with Crippen molar-refractivity contribution in [3.63, 3.8) is 0 Å². The van der Waals surface area contributed by atoms with Gasteiger partial charge in [-0.2, -0.15) is 0 Å². The lowest BCUT2D eigenvalue weighted by atomic mass is 10.1. The Hall–Kier alpha value is -2.69. The number of carbonyl (C=O) groups is 1. The van der Waals surface area contributed by atoms with E-state index in [0.717, 1.165) is 17.2 Å². The third-order valence-electron chi connectivity index (χ3n) is 3.43. The fourth-order valence-electron chi connectivity index (χ4n) is 2.56. The zero-order valence-electron chi connectivity index (χ0n) is 12.0. The molecule has 5 nitrogen and oxygen atoms in total. The Bertz CT molecular complexity index is 693. The number of hydrogen-bond donors (Lipinski definition) is 2. The van der Waals surface area contributed by atoms with Gasteiger partial charge in [0.05, 0.1) is 17.8 Å². The number of anilines is 1. The van der Waals surface area contributed by atoms with Crippen LogP contribution in [0.15, 0.2) is 58.4 Å². The van der Waals surface area contributed by atoms with Crippen molar-refractivity contribution < 1.29 is 4.79 Å². The molecule has 1 saturated heterocycles. The Morgan fingerprint density at radius 3 is 2.62 bits per heavy atom. The van der Waals surface area contributed by atoms with Gasteiger partial charge in [0.2, 0.25) is 5.91 Å². The monoisotopic (exact) mass is 280 g/mol. The molecule has 2 aliphatic heterocycles. The number of nitrogens with one attached hydrogen (secondary N) is 2. The van der Waals surface area contributed by atoms with E-state index in [9.17, 15) is 4.79 Å². The maximum absolute atomic E-state index is 12.3. The van der Waals surface area contributed by atoms with E-state index < -0.39 is 0 Å². The van der Waals surface area contributed by atoms with E-state index in [4.69, 9.17) is 5.41 Å². The molecule has 0 aliphatic carbocycles. The van der Waals surface area contributed by atoms with Gasteiger partial charge in [0.15, 0.2) is 0 Å². The first-order chi connectivity index (χ1) is 10.1. The molecular weight excluding hydrogens is 264 g/mol. The molecule has 21 heavy (non-hydrogen) atoms. The molecular formula is C16H16N4O. The van der Waals surface area contributed by atoms with Crippen molar-refractivity contribution in [2.75, 3.05) is 4.90 Å². The quantitative estimate of drug-likeness (QED) is 0.830. The maximum atomic E-state index is 12.3. The molecule has 2 N–H and O–H groups in total. The molecule has 1 aromatic rings. The summed E-state index contributed by atoms with van der Waals surface area (Å²) in [6, 6.07) is 9.27. The lowest BCUT2D eigenvalue weighted by molar-refractivity contribution is -0.116. The molecule has 0 bridgehead atoms. The van der Waals surface area contributed by atoms with Crippen LogP contribution in [-0.4, -0.2) is 17.6 Å². The summed E-state index contributed by atoms with van der Waals surface area (Å²) in [5, 5.41) is 11.4. The first kappa shape index (κ1) is 13.3. The van der Waals surface area contributed by atoms with Gasteiger partial charge in [-0.1, -0.05) is 18.2 Å². The van der Waals surface area contributed by atoms with E-state index >= 15 is 0 Å². The predicted octanol–water partition coefficient (Wildman–Crippen LogP) is 2.58. The number of benzene rings is 1. The smallest absolute Gasteiger partial charge is 0.237 e. The molecule has 2 heterocycles. The zero-order chi connectivity index (χ0) is 15.0. The number of amidine groups is 2. The third-order valence-corrected chi connectivity index (χ3v) is 3.43. The van der Waals surface area contributed by atoms with Crippen LogP contribution < -0.4 is 10.2 Å². The number of aliphatic imine (C=N–C) groups is 1. The van der Waals surface area contributed by atoms with Crippen molar-refractivity contribution in [3.05, 3.63) is 53.4 Å². The summed E-state index contributed by atoms with van der Waals surface area (Å²) in [5.74, 6) is 0.894. The first-order valence-corrected chi connectivity index (χ1v) is 6.77. The van der Waals surface area contributed by atoms with Crippen LogP contribution in [0.25, 0.3) is 0 Å². The van der Waals surface area contributed by atoms with Crippen molar-refractivity contribution in [3.8, 4) is 0 Å². The zero-order valence-corrected chi connectivity index (χ0v) is 12.0. The lowest BCUT2D eigenvalue weighted by Crippen LogP contribution is -2.28. The minimum atomic E-state index is -0.0915. The van der Waals surface area contributed by atoms with Gasteiger partial charge in [-0.3, -0.25) is 15.1 Å². The van der Waals surface area contributed by atoms with Crippen molar-refractivity contribution >= 4 is 23.3 Å². The number of rotatable bonds is 1. The van der Waals surface area contributed by atoms with Crippen molar-refractivity contribution in [2.24, 2.45) is 4.99 Å². The number of carbonyl (C=O) groups excluding carboxylic acids is 1. The molecule has 5 heteroatoms. The number of hydrogen-bond acceptors (Lipinski definition) is 4. The average molecular weight is 280 g/mol. The van der Waals surface area contributed by atoms with E-state index in [-0.39, 0.29) is 18.2 Å². The first-order valence-electron chi connectivity index (χ1n) is 6.77. The van der Waals surface area contributed by atoms with Gasteiger partial charge in [0.1, 0.15) is 11.7 Å². The van der Waals surface area contributed by atoms with Crippen molar-refractivity contribution in [1.82, 2.24) is 5.32 Å². The molecule has 1 amide bonds. The van der Waals surface area contributed by atoms with Crippen LogP contribution in [0.3, 0.4) is 0 Å². The molecule has 3 rings (SSSR count). The Labute approximate surface area is 123 Å². The van der Waals surface area contributed by atoms with E-state index in [1.54, 1.807) is 0 Å². The van der Waals surface area contributed by atoms with Crippen LogP contribution >= 0.6 is 0 Å². The molecule has 0 aromatic heterocycles. The highest BCUT2D eigenvalue weighted by molar-refractivity contribution is 6.29. The van der Waals surface area contributed by atoms with Gasteiger partial charge in [-0.05, 0) is 32.1 Å². The van der Waals surface area contributed by atoms with Gasteiger partial charge in [0.25, 0.3) is 0 Å². The lowest BCUT2D eigenvalue weighted by Gasteiger charge is -2.17. The highest BCUT2D eigenvalue weighted by Crippen LogP contribution is 2.29. The number of allylic oxidation sites excluding steroid dienone is 2. The van der Waals surface area contributed by atoms with Crippen LogP contribution in [0.1, 0.15) is 20.3 Å². The largest absolute Gasteiger partial charge is 0.348 e. The Balaban J connectivity index is 2.03. The Morgan fingerprint density at radius 1 is 1.24 bits per heavy atom. The van der Waals surface area contributed by atoms with Gasteiger partial charge in [-0.15, -0.1) is 0 Å². The maximum Gasteiger partial charge on any atom is 0.237 e. The van der Waals surface area contributed by atoms with Crippen LogP contribution in [0, 0.1) is 5.41 Å². The minimum Gasteiger partial charge on any atom is -0.348 e. The second-order valence-corrected chi connectivity index (χ2v) is 5.10. The van der Waals surface area contributed by atoms with Crippen molar-refractivity contribution in [1.29, 1.82) is 5.41 Å². The number of para-hydroxylation sites is 1. The van der Waals surface area contributed by atoms with Gasteiger partial charge >= 0.3 is 0 Å². The summed E-state index contributed by atoms with van der Waals surface area (Å²) in [7, 11) is 0. The Morgan fingerprint density at radius 2 is 1.95 bits per heavy atom. The van der Waals surface area contributed by atoms with E-state index in [1.807, 2.05) is 50.3 Å². The molecule has 0 atom stereocenters. The second-order valence-electron chi connectivity index (χ2n) is 5.10. The highest BCUT2D eigenvalue weighted by Gasteiger charge is 2.34. The van der Waals surface area contributed by atoms with E-state index in [0.29, 0.717) is 11.3 Å². The molecule has 0 radical (unpaired) electrons. The molecule has 0 unspecified atom stereocenters. The summed E-state index contributed by atoms with van der Waals surface area (Å²) in [6.07, 6.45) is 2.09. The topological polar surface area (TPSA) is 68.5 Å². The molecule has 0 saturated carbocycles. The summed E-state index contributed by atoms with van der Waals surface area (Å²) in [6.45, 7) is 3.81. The molecule has 2 aliphatic rings. The van der Waals surface area contributed by atoms with Crippen LogP contribution in [0.4, 0.5) is 5.69 Å². The van der Waals surface area contributed by atoms with Crippen LogP contribution in [0.2, 0.25) is 0 Å². The van der Waals surface area contributed by atoms with Crippen LogP contribution in [0.5, 0.6) is 0 Å². The molecule has 0 spiro atoms. The highest BCUT2D eigenvalue weighted by atomic mass is 16.2. The van der Waals surface area contributed by atoms with E-state index in [2.05, 4.69) is 10.3 Å². The second kappa shape index (κ2) is 5.01. The fraction of sp³-hybridized carbons (Fsp3) is 0.188. The normalized spacial score (nSPS) is 22.1. The standard InChI is InChI=1S/C16H16N4O/c1-10-8-14(19-11(2)18-10)13-9-15(21)20(16(13)17)12-6-4-3-5-7-12/h3-8,17H,9H2,1-2H3,(H,18,19)/b14-13+,17-16?. The van der Waals surface area contributed by atoms with Gasteiger partial charge in [0, 0.05) is 11.3 Å². The summed E-state index contributed by atoms with van der Waals surface area (Å²) in [4.78, 5) is 18.1. The summed E-state index contributed by atoms with van der Waals surface area (Å²) < 4.78 is 0. The fourth-order valence-corrected chi connectivity index (χ4v) is 2.56. The van der Waals surface area contributed by atoms with Crippen molar-refractivity contribution in [2.45, 2.75) is 20.3 Å².